The van der Waals surface area contributed by atoms with Gasteiger partial charge in [-0.3, -0.25) is 9.59 Å². The number of amides is 1. The van der Waals surface area contributed by atoms with Gasteiger partial charge < -0.3 is 10.1 Å². The predicted octanol–water partition coefficient (Wildman–Crippen LogP) is 7.05. The van der Waals surface area contributed by atoms with Crippen LogP contribution in [-0.2, 0) is 20.7 Å². The molecule has 1 N–H and O–H groups in total. The number of carbonyl (C=O) groups is 2. The van der Waals surface area contributed by atoms with E-state index in [2.05, 4.69) is 5.32 Å². The molecular formula is C24H26Cl2F3NO3. The van der Waals surface area contributed by atoms with Crippen LogP contribution in [0.3, 0.4) is 0 Å². The zero-order valence-corrected chi connectivity index (χ0v) is 20.0. The molecule has 2 aromatic rings. The molecule has 2 rings (SSSR count). The molecule has 33 heavy (non-hydrogen) atoms. The first-order valence-electron chi connectivity index (χ1n) is 10.6. The molecule has 3 atom stereocenters. The summed E-state index contributed by atoms with van der Waals surface area (Å²) < 4.78 is 45.7. The first kappa shape index (κ1) is 27.0. The molecule has 0 aliphatic heterocycles. The molecule has 9 heteroatoms. The van der Waals surface area contributed by atoms with Crippen LogP contribution in [0, 0.1) is 11.8 Å². The Morgan fingerprint density at radius 2 is 1.70 bits per heavy atom. The number of benzene rings is 2. The number of ether oxygens (including phenoxy) is 1. The van der Waals surface area contributed by atoms with Gasteiger partial charge in [-0.05, 0) is 55.2 Å². The Balaban J connectivity index is 2.32. The maximum atomic E-state index is 13.6. The Morgan fingerprint density at radius 3 is 2.24 bits per heavy atom. The molecule has 2 aromatic carbocycles. The monoisotopic (exact) mass is 503 g/mol. The van der Waals surface area contributed by atoms with Crippen molar-refractivity contribution in [2.24, 2.45) is 11.8 Å². The molecule has 0 heterocycles. The molecule has 4 nitrogen and oxygen atoms in total. The molecular weight excluding hydrogens is 478 g/mol. The molecule has 0 aliphatic rings. The Morgan fingerprint density at radius 1 is 1.06 bits per heavy atom. The minimum atomic E-state index is -4.60. The maximum Gasteiger partial charge on any atom is 0.392 e. The summed E-state index contributed by atoms with van der Waals surface area (Å²) in [5.41, 5.74) is 1.05. The first-order valence-corrected chi connectivity index (χ1v) is 11.3. The standard InChI is InChI=1S/C24H26Cl2F3NO3/c1-4-16(23(32)33-5-2)12-15-6-11-19(26)20(13-15)30-22(31)21(14(3)24(27,28)29)17-7-9-18(25)10-8-17/h6-11,13-14,16,21H,4-5,12H2,1-3H3,(H,30,31)/t14-,16+,21+/m1/s1. The van der Waals surface area contributed by atoms with E-state index in [0.29, 0.717) is 23.4 Å². The first-order chi connectivity index (χ1) is 15.5. The van der Waals surface area contributed by atoms with Crippen LogP contribution in [0.2, 0.25) is 10.0 Å². The summed E-state index contributed by atoms with van der Waals surface area (Å²) in [4.78, 5) is 25.2. The molecule has 0 aromatic heterocycles. The molecule has 0 aliphatic carbocycles. The summed E-state index contributed by atoms with van der Waals surface area (Å²) in [6.45, 7) is 4.80. The van der Waals surface area contributed by atoms with Gasteiger partial charge in [0.15, 0.2) is 0 Å². The van der Waals surface area contributed by atoms with Crippen molar-refractivity contribution in [1.29, 1.82) is 0 Å². The summed E-state index contributed by atoms with van der Waals surface area (Å²) in [6, 6.07) is 10.5. The fourth-order valence-corrected chi connectivity index (χ4v) is 3.76. The quantitative estimate of drug-likeness (QED) is 0.373. The van der Waals surface area contributed by atoms with Gasteiger partial charge in [-0.25, -0.2) is 0 Å². The number of rotatable bonds is 9. The van der Waals surface area contributed by atoms with Crippen LogP contribution in [0.15, 0.2) is 42.5 Å². The summed E-state index contributed by atoms with van der Waals surface area (Å²) in [5.74, 6) is -5.03. The van der Waals surface area contributed by atoms with Crippen LogP contribution in [0.25, 0.3) is 0 Å². The lowest BCUT2D eigenvalue weighted by Gasteiger charge is -2.26. The van der Waals surface area contributed by atoms with E-state index >= 15 is 0 Å². The van der Waals surface area contributed by atoms with Crippen molar-refractivity contribution in [3.63, 3.8) is 0 Å². The number of nitrogens with one attached hydrogen (secondary N) is 1. The second-order valence-electron chi connectivity index (χ2n) is 7.72. The van der Waals surface area contributed by atoms with E-state index in [4.69, 9.17) is 27.9 Å². The number of hydrogen-bond acceptors (Lipinski definition) is 3. The summed E-state index contributed by atoms with van der Waals surface area (Å²) in [7, 11) is 0. The average molecular weight is 504 g/mol. The van der Waals surface area contributed by atoms with Crippen LogP contribution >= 0.6 is 23.2 Å². The molecule has 0 spiro atoms. The van der Waals surface area contributed by atoms with Crippen LogP contribution in [0.4, 0.5) is 18.9 Å². The smallest absolute Gasteiger partial charge is 0.392 e. The summed E-state index contributed by atoms with van der Waals surface area (Å²) >= 11 is 12.1. The van der Waals surface area contributed by atoms with Gasteiger partial charge in [0.25, 0.3) is 0 Å². The molecule has 0 bridgehead atoms. The van der Waals surface area contributed by atoms with Crippen LogP contribution in [0.1, 0.15) is 44.2 Å². The van der Waals surface area contributed by atoms with E-state index < -0.39 is 23.9 Å². The Hall–Kier alpha value is -2.25. The van der Waals surface area contributed by atoms with Crippen molar-refractivity contribution < 1.29 is 27.5 Å². The highest BCUT2D eigenvalue weighted by Gasteiger charge is 2.45. The second kappa shape index (κ2) is 11.7. The highest BCUT2D eigenvalue weighted by atomic mass is 35.5. The zero-order valence-electron chi connectivity index (χ0n) is 18.5. The Kier molecular flexibility index (Phi) is 9.61. The predicted molar refractivity (Wildman–Crippen MR) is 124 cm³/mol. The van der Waals surface area contributed by atoms with Crippen molar-refractivity contribution in [1.82, 2.24) is 0 Å². The van der Waals surface area contributed by atoms with Gasteiger partial charge in [-0.2, -0.15) is 13.2 Å². The molecule has 0 saturated heterocycles. The van der Waals surface area contributed by atoms with Gasteiger partial charge in [-0.1, -0.05) is 55.2 Å². The van der Waals surface area contributed by atoms with E-state index in [-0.39, 0.29) is 34.8 Å². The molecule has 0 fully saturated rings. The van der Waals surface area contributed by atoms with Gasteiger partial charge in [0.2, 0.25) is 5.91 Å². The van der Waals surface area contributed by atoms with Crippen molar-refractivity contribution in [3.8, 4) is 0 Å². The van der Waals surface area contributed by atoms with Crippen molar-refractivity contribution in [2.75, 3.05) is 11.9 Å². The van der Waals surface area contributed by atoms with E-state index in [1.54, 1.807) is 19.1 Å². The number of esters is 1. The number of alkyl halides is 3. The summed E-state index contributed by atoms with van der Waals surface area (Å²) in [5, 5.41) is 3.06. The number of hydrogen-bond donors (Lipinski definition) is 1. The fraction of sp³-hybridized carbons (Fsp3) is 0.417. The second-order valence-corrected chi connectivity index (χ2v) is 8.57. The van der Waals surface area contributed by atoms with Crippen molar-refractivity contribution in [2.45, 2.75) is 45.7 Å². The maximum absolute atomic E-state index is 13.6. The third kappa shape index (κ3) is 7.37. The van der Waals surface area contributed by atoms with Gasteiger partial charge in [0, 0.05) is 5.02 Å². The lowest BCUT2D eigenvalue weighted by atomic mass is 9.85. The number of halogens is 5. The lowest BCUT2D eigenvalue weighted by molar-refractivity contribution is -0.178. The highest BCUT2D eigenvalue weighted by molar-refractivity contribution is 6.33. The van der Waals surface area contributed by atoms with Gasteiger partial charge in [-0.15, -0.1) is 0 Å². The SMILES string of the molecule is CCOC(=O)[C@@H](CC)Cc1ccc(Cl)c(NC(=O)[C@H](c2ccc(Cl)cc2)[C@@H](C)C(F)(F)F)c1. The minimum Gasteiger partial charge on any atom is -0.466 e. The molecule has 1 amide bonds. The normalized spacial score (nSPS) is 14.3. The van der Waals surface area contributed by atoms with Crippen LogP contribution in [0.5, 0.6) is 0 Å². The zero-order chi connectivity index (χ0) is 24.8. The number of anilines is 1. The van der Waals surface area contributed by atoms with E-state index in [0.717, 1.165) is 6.92 Å². The largest absolute Gasteiger partial charge is 0.466 e. The topological polar surface area (TPSA) is 55.4 Å². The van der Waals surface area contributed by atoms with E-state index in [1.165, 1.54) is 30.3 Å². The average Bonchev–Trinajstić information content (AvgIpc) is 2.75. The molecule has 0 radical (unpaired) electrons. The Labute approximate surface area is 201 Å². The lowest BCUT2D eigenvalue weighted by Crippen LogP contribution is -2.34. The number of carbonyl (C=O) groups excluding carboxylic acids is 2. The van der Waals surface area contributed by atoms with Crippen LogP contribution < -0.4 is 5.32 Å². The molecule has 180 valence electrons. The van der Waals surface area contributed by atoms with Gasteiger partial charge in [0.1, 0.15) is 0 Å². The van der Waals surface area contributed by atoms with E-state index in [9.17, 15) is 22.8 Å². The third-order valence-electron chi connectivity index (χ3n) is 5.41. The van der Waals surface area contributed by atoms with E-state index in [1.807, 2.05) is 6.92 Å². The summed E-state index contributed by atoms with van der Waals surface area (Å²) in [6.07, 6.45) is -3.71. The van der Waals surface area contributed by atoms with Crippen molar-refractivity contribution >= 4 is 40.8 Å². The van der Waals surface area contributed by atoms with Crippen molar-refractivity contribution in [3.05, 3.63) is 63.6 Å². The van der Waals surface area contributed by atoms with Crippen LogP contribution in [-0.4, -0.2) is 24.7 Å². The highest BCUT2D eigenvalue weighted by Crippen LogP contribution is 2.39. The molecule has 0 unspecified atom stereocenters. The Bertz CT molecular complexity index is 964. The third-order valence-corrected chi connectivity index (χ3v) is 5.99. The molecule has 0 saturated carbocycles. The minimum absolute atomic E-state index is 0.172. The fourth-order valence-electron chi connectivity index (χ4n) is 3.47. The van der Waals surface area contributed by atoms with Gasteiger partial charge in [0.05, 0.1) is 35.1 Å². The van der Waals surface area contributed by atoms with Gasteiger partial charge >= 0.3 is 12.1 Å².